The lowest BCUT2D eigenvalue weighted by molar-refractivity contribution is 0.585. The average Bonchev–Trinajstić information content (AvgIpc) is 2.28. The van der Waals surface area contributed by atoms with E-state index >= 15 is 0 Å². The minimum Gasteiger partial charge on any atom is -0.310 e. The summed E-state index contributed by atoms with van der Waals surface area (Å²) in [5.74, 6) is 1.11. The molecule has 0 amide bonds. The van der Waals surface area contributed by atoms with Gasteiger partial charge in [0.15, 0.2) is 5.16 Å². The van der Waals surface area contributed by atoms with Gasteiger partial charge in [0.2, 0.25) is 0 Å². The summed E-state index contributed by atoms with van der Waals surface area (Å²) < 4.78 is 0. The third kappa shape index (κ3) is 5.47. The standard InChI is InChI=1S/C12H21N3S/c1-4-5-6-16-12-14-8-11(9-15-12)7-13-10(2)3/h8-10,13H,4-7H2,1-3H3. The van der Waals surface area contributed by atoms with Crippen molar-refractivity contribution >= 4 is 11.8 Å². The van der Waals surface area contributed by atoms with Crippen LogP contribution in [-0.4, -0.2) is 21.8 Å². The van der Waals surface area contributed by atoms with Crippen LogP contribution in [0.3, 0.4) is 0 Å². The number of aromatic nitrogens is 2. The minimum atomic E-state index is 0.499. The van der Waals surface area contributed by atoms with Gasteiger partial charge in [-0.1, -0.05) is 39.0 Å². The van der Waals surface area contributed by atoms with Crippen LogP contribution in [0.2, 0.25) is 0 Å². The Balaban J connectivity index is 2.35. The molecule has 1 rings (SSSR count). The van der Waals surface area contributed by atoms with Crippen molar-refractivity contribution in [1.82, 2.24) is 15.3 Å². The van der Waals surface area contributed by atoms with E-state index < -0.39 is 0 Å². The molecule has 0 saturated carbocycles. The lowest BCUT2D eigenvalue weighted by Gasteiger charge is -2.07. The molecule has 0 radical (unpaired) electrons. The zero-order valence-corrected chi connectivity index (χ0v) is 11.2. The summed E-state index contributed by atoms with van der Waals surface area (Å²) in [5, 5.41) is 4.24. The third-order valence-electron chi connectivity index (χ3n) is 2.13. The molecule has 0 aromatic carbocycles. The maximum atomic E-state index is 4.34. The van der Waals surface area contributed by atoms with Gasteiger partial charge in [-0.2, -0.15) is 0 Å². The topological polar surface area (TPSA) is 37.8 Å². The van der Waals surface area contributed by atoms with Crippen LogP contribution in [0.4, 0.5) is 0 Å². The molecule has 0 bridgehead atoms. The van der Waals surface area contributed by atoms with Crippen molar-refractivity contribution in [2.24, 2.45) is 0 Å². The van der Waals surface area contributed by atoms with Gasteiger partial charge in [0.1, 0.15) is 0 Å². The number of hydrogen-bond acceptors (Lipinski definition) is 4. The predicted octanol–water partition coefficient (Wildman–Crippen LogP) is 2.87. The van der Waals surface area contributed by atoms with Crippen LogP contribution < -0.4 is 5.32 Å². The van der Waals surface area contributed by atoms with E-state index in [1.807, 2.05) is 12.4 Å². The Morgan fingerprint density at radius 3 is 2.56 bits per heavy atom. The lowest BCUT2D eigenvalue weighted by Crippen LogP contribution is -2.21. The summed E-state index contributed by atoms with van der Waals surface area (Å²) in [5.41, 5.74) is 1.15. The van der Waals surface area contributed by atoms with E-state index in [9.17, 15) is 0 Å². The van der Waals surface area contributed by atoms with E-state index in [-0.39, 0.29) is 0 Å². The van der Waals surface area contributed by atoms with Crippen LogP contribution in [0.1, 0.15) is 39.2 Å². The Morgan fingerprint density at radius 2 is 2.00 bits per heavy atom. The lowest BCUT2D eigenvalue weighted by atomic mass is 10.3. The van der Waals surface area contributed by atoms with Crippen LogP contribution in [-0.2, 0) is 6.54 Å². The van der Waals surface area contributed by atoms with Crippen LogP contribution in [0.15, 0.2) is 17.6 Å². The molecule has 4 heteroatoms. The van der Waals surface area contributed by atoms with Gasteiger partial charge in [0.25, 0.3) is 0 Å². The van der Waals surface area contributed by atoms with Crippen molar-refractivity contribution in [3.63, 3.8) is 0 Å². The van der Waals surface area contributed by atoms with Gasteiger partial charge in [-0.05, 0) is 6.42 Å². The second-order valence-corrected chi connectivity index (χ2v) is 5.17. The predicted molar refractivity (Wildman–Crippen MR) is 69.6 cm³/mol. The smallest absolute Gasteiger partial charge is 0.187 e. The van der Waals surface area contributed by atoms with Crippen LogP contribution in [0, 0.1) is 0 Å². The second-order valence-electron chi connectivity index (χ2n) is 4.11. The van der Waals surface area contributed by atoms with Gasteiger partial charge in [-0.3, -0.25) is 0 Å². The highest BCUT2D eigenvalue weighted by Gasteiger charge is 1.99. The highest BCUT2D eigenvalue weighted by atomic mass is 32.2. The molecule has 16 heavy (non-hydrogen) atoms. The summed E-state index contributed by atoms with van der Waals surface area (Å²) in [7, 11) is 0. The normalized spacial score (nSPS) is 11.0. The summed E-state index contributed by atoms with van der Waals surface area (Å²) in [6, 6.07) is 0.499. The van der Waals surface area contributed by atoms with E-state index in [0.29, 0.717) is 6.04 Å². The molecule has 1 aromatic heterocycles. The van der Waals surface area contributed by atoms with Gasteiger partial charge >= 0.3 is 0 Å². The van der Waals surface area contributed by atoms with Crippen LogP contribution >= 0.6 is 11.8 Å². The Bertz CT molecular complexity index is 285. The molecule has 0 aliphatic rings. The fourth-order valence-electron chi connectivity index (χ4n) is 1.14. The molecule has 1 aromatic rings. The fourth-order valence-corrected chi connectivity index (χ4v) is 2.01. The highest BCUT2D eigenvalue weighted by molar-refractivity contribution is 7.99. The molecule has 0 saturated heterocycles. The first-order chi connectivity index (χ1) is 7.72. The zero-order valence-electron chi connectivity index (χ0n) is 10.4. The first kappa shape index (κ1) is 13.5. The average molecular weight is 239 g/mol. The molecule has 0 spiro atoms. The summed E-state index contributed by atoms with van der Waals surface area (Å²) in [6.45, 7) is 7.31. The quantitative estimate of drug-likeness (QED) is 0.451. The van der Waals surface area contributed by atoms with Gasteiger partial charge in [-0.25, -0.2) is 9.97 Å². The number of nitrogens with one attached hydrogen (secondary N) is 1. The van der Waals surface area contributed by atoms with Crippen molar-refractivity contribution < 1.29 is 0 Å². The maximum Gasteiger partial charge on any atom is 0.187 e. The maximum absolute atomic E-state index is 4.34. The van der Waals surface area contributed by atoms with E-state index in [4.69, 9.17) is 0 Å². The fraction of sp³-hybridized carbons (Fsp3) is 0.667. The summed E-state index contributed by atoms with van der Waals surface area (Å²) in [4.78, 5) is 8.68. The SMILES string of the molecule is CCCCSc1ncc(CNC(C)C)cn1. The van der Waals surface area contributed by atoms with Crippen LogP contribution in [0.5, 0.6) is 0 Å². The summed E-state index contributed by atoms with van der Waals surface area (Å²) in [6.07, 6.45) is 6.28. The number of thioether (sulfide) groups is 1. The Labute approximate surface area is 102 Å². The van der Waals surface area contributed by atoms with Crippen molar-refractivity contribution in [2.45, 2.75) is 51.4 Å². The van der Waals surface area contributed by atoms with Crippen molar-refractivity contribution in [3.8, 4) is 0 Å². The van der Waals surface area contributed by atoms with Gasteiger partial charge in [-0.15, -0.1) is 0 Å². The molecule has 1 heterocycles. The highest BCUT2D eigenvalue weighted by Crippen LogP contribution is 2.13. The first-order valence-corrected chi connectivity index (χ1v) is 6.88. The van der Waals surface area contributed by atoms with Crippen molar-refractivity contribution in [3.05, 3.63) is 18.0 Å². The van der Waals surface area contributed by atoms with Crippen LogP contribution in [0.25, 0.3) is 0 Å². The van der Waals surface area contributed by atoms with E-state index in [1.165, 1.54) is 12.8 Å². The molecule has 1 N–H and O–H groups in total. The first-order valence-electron chi connectivity index (χ1n) is 5.89. The second kappa shape index (κ2) is 7.63. The molecular formula is C12H21N3S. The number of nitrogens with zero attached hydrogens (tertiary/aromatic N) is 2. The monoisotopic (exact) mass is 239 g/mol. The molecule has 0 fully saturated rings. The van der Waals surface area contributed by atoms with Gasteiger partial charge in [0.05, 0.1) is 0 Å². The molecular weight excluding hydrogens is 218 g/mol. The van der Waals surface area contributed by atoms with Gasteiger partial charge in [0, 0.05) is 36.3 Å². The largest absolute Gasteiger partial charge is 0.310 e. The number of rotatable bonds is 7. The van der Waals surface area contributed by atoms with E-state index in [1.54, 1.807) is 11.8 Å². The molecule has 0 unspecified atom stereocenters. The molecule has 3 nitrogen and oxygen atoms in total. The number of unbranched alkanes of at least 4 members (excludes halogenated alkanes) is 1. The molecule has 0 atom stereocenters. The van der Waals surface area contributed by atoms with Crippen molar-refractivity contribution in [2.75, 3.05) is 5.75 Å². The summed E-state index contributed by atoms with van der Waals surface area (Å²) >= 11 is 1.74. The Kier molecular flexibility index (Phi) is 6.42. The Morgan fingerprint density at radius 1 is 1.31 bits per heavy atom. The molecule has 0 aliphatic carbocycles. The molecule has 0 aliphatic heterocycles. The Hall–Kier alpha value is -0.610. The van der Waals surface area contributed by atoms with Crippen molar-refractivity contribution in [1.29, 1.82) is 0 Å². The molecule has 90 valence electrons. The zero-order chi connectivity index (χ0) is 11.8. The van der Waals surface area contributed by atoms with E-state index in [2.05, 4.69) is 36.1 Å². The minimum absolute atomic E-state index is 0.499. The third-order valence-corrected chi connectivity index (χ3v) is 3.09. The number of hydrogen-bond donors (Lipinski definition) is 1. The van der Waals surface area contributed by atoms with E-state index in [0.717, 1.165) is 23.0 Å². The van der Waals surface area contributed by atoms with Gasteiger partial charge < -0.3 is 5.32 Å².